The summed E-state index contributed by atoms with van der Waals surface area (Å²) >= 11 is 0. The van der Waals surface area contributed by atoms with Crippen LogP contribution in [0.2, 0.25) is 0 Å². The number of rotatable bonds is 8. The smallest absolute Gasteiger partial charge is 0.408 e. The van der Waals surface area contributed by atoms with Gasteiger partial charge < -0.3 is 25.6 Å². The highest BCUT2D eigenvalue weighted by Gasteiger charge is 2.30. The van der Waals surface area contributed by atoms with Crippen molar-refractivity contribution in [2.24, 2.45) is 4.99 Å². The van der Waals surface area contributed by atoms with Crippen molar-refractivity contribution < 1.29 is 9.53 Å². The van der Waals surface area contributed by atoms with Gasteiger partial charge in [-0.15, -0.1) is 24.0 Å². The molecule has 0 bridgehead atoms. The van der Waals surface area contributed by atoms with E-state index in [9.17, 15) is 4.79 Å². The molecule has 0 spiro atoms. The number of guanidine groups is 1. The molecular formula is C23H41IN6O2. The zero-order valence-corrected chi connectivity index (χ0v) is 22.8. The third-order valence-electron chi connectivity index (χ3n) is 5.64. The summed E-state index contributed by atoms with van der Waals surface area (Å²) in [6.07, 6.45) is 5.55. The molecule has 1 aliphatic heterocycles. The first-order valence-electron chi connectivity index (χ1n) is 11.4. The molecule has 0 aliphatic carbocycles. The Bertz CT molecular complexity index is 723. The van der Waals surface area contributed by atoms with E-state index in [4.69, 9.17) is 4.74 Å². The van der Waals surface area contributed by atoms with Crippen LogP contribution in [0.1, 0.15) is 65.9 Å². The van der Waals surface area contributed by atoms with E-state index in [-0.39, 0.29) is 24.0 Å². The summed E-state index contributed by atoms with van der Waals surface area (Å²) in [4.78, 5) is 23.6. The molecule has 1 aromatic rings. The van der Waals surface area contributed by atoms with Crippen molar-refractivity contribution in [3.63, 3.8) is 0 Å². The van der Waals surface area contributed by atoms with Crippen molar-refractivity contribution in [1.82, 2.24) is 20.9 Å². The summed E-state index contributed by atoms with van der Waals surface area (Å²) in [7, 11) is 1.74. The number of aromatic nitrogens is 1. The summed E-state index contributed by atoms with van der Waals surface area (Å²) in [5.74, 6) is 1.73. The topological polar surface area (TPSA) is 90.9 Å². The van der Waals surface area contributed by atoms with Crippen molar-refractivity contribution in [2.75, 3.05) is 31.6 Å². The number of nitrogens with one attached hydrogen (secondary N) is 3. The Kier molecular flexibility index (Phi) is 11.5. The third kappa shape index (κ3) is 8.99. The normalized spacial score (nSPS) is 14.6. The van der Waals surface area contributed by atoms with Crippen LogP contribution >= 0.6 is 24.0 Å². The number of aliphatic imine (C=N–C) groups is 1. The van der Waals surface area contributed by atoms with Gasteiger partial charge in [-0.05, 0) is 58.1 Å². The monoisotopic (exact) mass is 560 g/mol. The largest absolute Gasteiger partial charge is 0.444 e. The quantitative estimate of drug-likeness (QED) is 0.253. The van der Waals surface area contributed by atoms with Gasteiger partial charge in [0.15, 0.2) is 5.96 Å². The van der Waals surface area contributed by atoms with Crippen LogP contribution < -0.4 is 20.9 Å². The minimum Gasteiger partial charge on any atom is -0.444 e. The van der Waals surface area contributed by atoms with Gasteiger partial charge in [-0.3, -0.25) is 4.99 Å². The fourth-order valence-electron chi connectivity index (χ4n) is 3.55. The number of amides is 1. The molecule has 0 unspecified atom stereocenters. The minimum absolute atomic E-state index is 0. The standard InChI is InChI=1S/C23H40N6O2.HI/c1-7-23(8-2,28-21(30)31-22(3,4)5)17-27-20(24-6)26-16-18-11-12-19(25-15-18)29-13-9-10-14-29;/h11-12,15H,7-10,13-14,16-17H2,1-6H3,(H,28,30)(H2,24,26,27);1H. The fraction of sp³-hybridized carbons (Fsp3) is 0.696. The first kappa shape index (κ1) is 28.3. The Hall–Kier alpha value is -1.78. The molecule has 0 saturated carbocycles. The fourth-order valence-corrected chi connectivity index (χ4v) is 3.55. The number of halogens is 1. The number of ether oxygens (including phenoxy) is 1. The van der Waals surface area contributed by atoms with Gasteiger partial charge in [-0.2, -0.15) is 0 Å². The van der Waals surface area contributed by atoms with Gasteiger partial charge in [0.2, 0.25) is 0 Å². The molecule has 1 amide bonds. The molecule has 0 aromatic carbocycles. The van der Waals surface area contributed by atoms with Gasteiger partial charge in [0.25, 0.3) is 0 Å². The minimum atomic E-state index is -0.527. The van der Waals surface area contributed by atoms with E-state index in [2.05, 4.69) is 56.8 Å². The van der Waals surface area contributed by atoms with Crippen LogP contribution in [0.5, 0.6) is 0 Å². The van der Waals surface area contributed by atoms with Crippen molar-refractivity contribution >= 4 is 41.8 Å². The molecule has 3 N–H and O–H groups in total. The second kappa shape index (κ2) is 13.1. The first-order chi connectivity index (χ1) is 14.7. The molecule has 0 atom stereocenters. The molecular weight excluding hydrogens is 519 g/mol. The highest BCUT2D eigenvalue weighted by Crippen LogP contribution is 2.18. The molecule has 32 heavy (non-hydrogen) atoms. The number of carbonyl (C=O) groups is 1. The number of hydrogen-bond donors (Lipinski definition) is 3. The zero-order valence-electron chi connectivity index (χ0n) is 20.5. The van der Waals surface area contributed by atoms with Crippen molar-refractivity contribution in [3.8, 4) is 0 Å². The highest BCUT2D eigenvalue weighted by molar-refractivity contribution is 14.0. The Morgan fingerprint density at radius 3 is 2.31 bits per heavy atom. The van der Waals surface area contributed by atoms with Crippen LogP contribution in [0.15, 0.2) is 23.3 Å². The van der Waals surface area contributed by atoms with Crippen LogP contribution in [0.4, 0.5) is 10.6 Å². The molecule has 9 heteroatoms. The van der Waals surface area contributed by atoms with Gasteiger partial charge in [0.05, 0.1) is 5.54 Å². The number of alkyl carbamates (subject to hydrolysis) is 1. The molecule has 2 heterocycles. The number of anilines is 1. The van der Waals surface area contributed by atoms with Gasteiger partial charge >= 0.3 is 6.09 Å². The van der Waals surface area contributed by atoms with Crippen molar-refractivity contribution in [3.05, 3.63) is 23.9 Å². The second-order valence-corrected chi connectivity index (χ2v) is 9.11. The summed E-state index contributed by atoms with van der Waals surface area (Å²) in [5.41, 5.74) is 0.148. The van der Waals surface area contributed by atoms with E-state index in [1.54, 1.807) is 7.05 Å². The maximum atomic E-state index is 12.3. The molecule has 1 aromatic heterocycles. The Morgan fingerprint density at radius 2 is 1.81 bits per heavy atom. The number of carbonyl (C=O) groups excluding carboxylic acids is 1. The van der Waals surface area contributed by atoms with Crippen molar-refractivity contribution in [1.29, 1.82) is 0 Å². The zero-order chi connectivity index (χ0) is 22.9. The second-order valence-electron chi connectivity index (χ2n) is 9.11. The molecule has 1 fully saturated rings. The van der Waals surface area contributed by atoms with Crippen LogP contribution in [0.3, 0.4) is 0 Å². The van der Waals surface area contributed by atoms with E-state index < -0.39 is 17.2 Å². The molecule has 0 radical (unpaired) electrons. The predicted molar refractivity (Wildman–Crippen MR) is 142 cm³/mol. The lowest BCUT2D eigenvalue weighted by atomic mass is 9.93. The lowest BCUT2D eigenvalue weighted by Gasteiger charge is -2.34. The van der Waals surface area contributed by atoms with E-state index in [0.717, 1.165) is 37.3 Å². The van der Waals surface area contributed by atoms with Crippen LogP contribution in [-0.4, -0.2) is 54.9 Å². The lowest BCUT2D eigenvalue weighted by Crippen LogP contribution is -2.57. The van der Waals surface area contributed by atoms with Gasteiger partial charge in [-0.25, -0.2) is 9.78 Å². The van der Waals surface area contributed by atoms with E-state index >= 15 is 0 Å². The Labute approximate surface area is 210 Å². The number of hydrogen-bond acceptors (Lipinski definition) is 5. The summed E-state index contributed by atoms with van der Waals surface area (Å²) < 4.78 is 5.45. The van der Waals surface area contributed by atoms with E-state index in [0.29, 0.717) is 19.0 Å². The molecule has 2 rings (SSSR count). The predicted octanol–water partition coefficient (Wildman–Crippen LogP) is 4.05. The lowest BCUT2D eigenvalue weighted by molar-refractivity contribution is 0.0448. The highest BCUT2D eigenvalue weighted by atomic mass is 127. The SMILES string of the molecule is CCC(CC)(CNC(=NC)NCc1ccc(N2CCCC2)nc1)NC(=O)OC(C)(C)C.I. The summed E-state index contributed by atoms with van der Waals surface area (Å²) in [6, 6.07) is 4.19. The maximum Gasteiger partial charge on any atom is 0.408 e. The molecule has 1 saturated heterocycles. The third-order valence-corrected chi connectivity index (χ3v) is 5.64. The molecule has 1 aliphatic rings. The van der Waals surface area contributed by atoms with Crippen molar-refractivity contribution in [2.45, 2.75) is 78.0 Å². The number of nitrogens with zero attached hydrogens (tertiary/aromatic N) is 3. The Morgan fingerprint density at radius 1 is 1.16 bits per heavy atom. The van der Waals surface area contributed by atoms with Crippen LogP contribution in [-0.2, 0) is 11.3 Å². The number of pyridine rings is 1. The van der Waals surface area contributed by atoms with Gasteiger partial charge in [-0.1, -0.05) is 19.9 Å². The summed E-state index contributed by atoms with van der Waals surface area (Å²) in [5, 5.41) is 9.73. The first-order valence-corrected chi connectivity index (χ1v) is 11.4. The Balaban J connectivity index is 0.00000512. The average molecular weight is 561 g/mol. The molecule has 8 nitrogen and oxygen atoms in total. The summed E-state index contributed by atoms with van der Waals surface area (Å²) in [6.45, 7) is 13.1. The molecule has 182 valence electrons. The maximum absolute atomic E-state index is 12.3. The van der Waals surface area contributed by atoms with Gasteiger partial charge in [0, 0.05) is 39.4 Å². The average Bonchev–Trinajstić information content (AvgIpc) is 3.27. The van der Waals surface area contributed by atoms with Crippen LogP contribution in [0, 0.1) is 0 Å². The van der Waals surface area contributed by atoms with Gasteiger partial charge in [0.1, 0.15) is 11.4 Å². The van der Waals surface area contributed by atoms with E-state index in [1.807, 2.05) is 27.0 Å². The van der Waals surface area contributed by atoms with E-state index in [1.165, 1.54) is 12.8 Å². The van der Waals surface area contributed by atoms with Crippen LogP contribution in [0.25, 0.3) is 0 Å².